The first-order chi connectivity index (χ1) is 10.7. The van der Waals surface area contributed by atoms with E-state index in [-0.39, 0.29) is 6.03 Å². The SMILES string of the molecule is COC(=O)C(CCSC)NC(=O)NCCCN1CCOCC1. The molecule has 2 amide bonds. The molecular formula is C14H27N3O4S. The Morgan fingerprint density at radius 1 is 1.36 bits per heavy atom. The van der Waals surface area contributed by atoms with E-state index in [4.69, 9.17) is 9.47 Å². The summed E-state index contributed by atoms with van der Waals surface area (Å²) in [6, 6.07) is -0.907. The molecule has 1 aliphatic heterocycles. The van der Waals surface area contributed by atoms with Crippen molar-refractivity contribution in [1.29, 1.82) is 0 Å². The number of rotatable bonds is 9. The minimum Gasteiger partial charge on any atom is -0.467 e. The highest BCUT2D eigenvalue weighted by molar-refractivity contribution is 7.98. The van der Waals surface area contributed by atoms with E-state index in [0.717, 1.165) is 45.0 Å². The Morgan fingerprint density at radius 2 is 2.09 bits per heavy atom. The van der Waals surface area contributed by atoms with E-state index in [1.807, 2.05) is 6.26 Å². The topological polar surface area (TPSA) is 79.9 Å². The number of thioether (sulfide) groups is 1. The van der Waals surface area contributed by atoms with Crippen molar-refractivity contribution >= 4 is 23.8 Å². The Balaban J connectivity index is 2.17. The zero-order chi connectivity index (χ0) is 16.2. The number of nitrogens with zero attached hydrogens (tertiary/aromatic N) is 1. The van der Waals surface area contributed by atoms with Crippen LogP contribution < -0.4 is 10.6 Å². The van der Waals surface area contributed by atoms with Crippen LogP contribution in [0.5, 0.6) is 0 Å². The molecule has 0 saturated carbocycles. The Labute approximate surface area is 136 Å². The molecule has 0 aromatic heterocycles. The quantitative estimate of drug-likeness (QED) is 0.467. The third kappa shape index (κ3) is 7.86. The number of esters is 1. The lowest BCUT2D eigenvalue weighted by Gasteiger charge is -2.26. The van der Waals surface area contributed by atoms with E-state index in [2.05, 4.69) is 15.5 Å². The second-order valence-corrected chi connectivity index (χ2v) is 6.05. The van der Waals surface area contributed by atoms with Crippen LogP contribution in [0.4, 0.5) is 4.79 Å². The van der Waals surface area contributed by atoms with E-state index >= 15 is 0 Å². The van der Waals surface area contributed by atoms with E-state index in [9.17, 15) is 9.59 Å². The summed E-state index contributed by atoms with van der Waals surface area (Å²) in [5, 5.41) is 5.45. The Kier molecular flexibility index (Phi) is 10.0. The molecule has 0 radical (unpaired) electrons. The summed E-state index contributed by atoms with van der Waals surface area (Å²) < 4.78 is 9.99. The molecule has 128 valence electrons. The predicted octanol–water partition coefficient (Wildman–Crippen LogP) is 0.303. The fourth-order valence-electron chi connectivity index (χ4n) is 2.17. The zero-order valence-corrected chi connectivity index (χ0v) is 14.2. The summed E-state index contributed by atoms with van der Waals surface area (Å²) in [6.07, 6.45) is 3.40. The van der Waals surface area contributed by atoms with Crippen LogP contribution in [0.25, 0.3) is 0 Å². The van der Waals surface area contributed by atoms with Gasteiger partial charge in [0.1, 0.15) is 6.04 Å². The van der Waals surface area contributed by atoms with Crippen LogP contribution in [0.15, 0.2) is 0 Å². The minimum absolute atomic E-state index is 0.321. The molecule has 0 spiro atoms. The number of urea groups is 1. The monoisotopic (exact) mass is 333 g/mol. The van der Waals surface area contributed by atoms with E-state index < -0.39 is 12.0 Å². The van der Waals surface area contributed by atoms with Crippen molar-refractivity contribution in [2.75, 3.05) is 58.5 Å². The molecular weight excluding hydrogens is 306 g/mol. The van der Waals surface area contributed by atoms with Gasteiger partial charge in [-0.05, 0) is 31.4 Å². The normalized spacial score (nSPS) is 16.8. The second kappa shape index (κ2) is 11.6. The average molecular weight is 333 g/mol. The molecule has 22 heavy (non-hydrogen) atoms. The Bertz CT molecular complexity index is 338. The number of nitrogens with one attached hydrogen (secondary N) is 2. The molecule has 8 heteroatoms. The summed E-state index contributed by atoms with van der Waals surface area (Å²) in [4.78, 5) is 25.7. The van der Waals surface area contributed by atoms with Crippen LogP contribution in [0, 0.1) is 0 Å². The van der Waals surface area contributed by atoms with Crippen LogP contribution in [0.2, 0.25) is 0 Å². The standard InChI is InChI=1S/C14H27N3O4S/c1-20-13(18)12(4-11-22-2)16-14(19)15-5-3-6-17-7-9-21-10-8-17/h12H,3-11H2,1-2H3,(H2,15,16,19). The molecule has 1 rings (SSSR count). The number of methoxy groups -OCH3 is 1. The second-order valence-electron chi connectivity index (χ2n) is 5.07. The van der Waals surface area contributed by atoms with Gasteiger partial charge >= 0.3 is 12.0 Å². The smallest absolute Gasteiger partial charge is 0.328 e. The van der Waals surface area contributed by atoms with Gasteiger partial charge in [0.15, 0.2) is 0 Å². The van der Waals surface area contributed by atoms with Gasteiger partial charge in [0, 0.05) is 19.6 Å². The van der Waals surface area contributed by atoms with Gasteiger partial charge in [-0.3, -0.25) is 4.90 Å². The van der Waals surface area contributed by atoms with Gasteiger partial charge in [-0.1, -0.05) is 0 Å². The Hall–Kier alpha value is -0.990. The summed E-state index contributed by atoms with van der Waals surface area (Å²) in [7, 11) is 1.33. The maximum absolute atomic E-state index is 11.8. The maximum Gasteiger partial charge on any atom is 0.328 e. The predicted molar refractivity (Wildman–Crippen MR) is 87.2 cm³/mol. The number of morpholine rings is 1. The highest BCUT2D eigenvalue weighted by Crippen LogP contribution is 2.02. The lowest BCUT2D eigenvalue weighted by Crippen LogP contribution is -2.47. The molecule has 7 nitrogen and oxygen atoms in total. The first kappa shape index (κ1) is 19.1. The van der Waals surface area contributed by atoms with Crippen LogP contribution in [-0.4, -0.2) is 81.5 Å². The van der Waals surface area contributed by atoms with Crippen molar-refractivity contribution in [3.8, 4) is 0 Å². The molecule has 1 saturated heterocycles. The third-order valence-electron chi connectivity index (χ3n) is 3.44. The van der Waals surface area contributed by atoms with Crippen LogP contribution in [-0.2, 0) is 14.3 Å². The molecule has 1 atom stereocenters. The molecule has 2 N–H and O–H groups in total. The van der Waals surface area contributed by atoms with Crippen LogP contribution in [0.1, 0.15) is 12.8 Å². The van der Waals surface area contributed by atoms with Gasteiger partial charge in [0.05, 0.1) is 20.3 Å². The number of carbonyl (C=O) groups is 2. The largest absolute Gasteiger partial charge is 0.467 e. The van der Waals surface area contributed by atoms with Gasteiger partial charge in [-0.15, -0.1) is 0 Å². The first-order valence-electron chi connectivity index (χ1n) is 7.58. The number of hydrogen-bond acceptors (Lipinski definition) is 6. The highest BCUT2D eigenvalue weighted by Gasteiger charge is 2.20. The van der Waals surface area contributed by atoms with Gasteiger partial charge in [-0.2, -0.15) is 11.8 Å². The van der Waals surface area contributed by atoms with Crippen molar-refractivity contribution in [3.05, 3.63) is 0 Å². The van der Waals surface area contributed by atoms with Crippen LogP contribution >= 0.6 is 11.8 Å². The van der Waals surface area contributed by atoms with Gasteiger partial charge in [0.25, 0.3) is 0 Å². The molecule has 0 aromatic carbocycles. The lowest BCUT2D eigenvalue weighted by atomic mass is 10.2. The summed E-state index contributed by atoms with van der Waals surface area (Å²) in [6.45, 7) is 4.99. The number of carbonyl (C=O) groups excluding carboxylic acids is 2. The van der Waals surface area contributed by atoms with Crippen LogP contribution in [0.3, 0.4) is 0 Å². The molecule has 0 bridgehead atoms. The van der Waals surface area contributed by atoms with Crippen molar-refractivity contribution in [2.45, 2.75) is 18.9 Å². The van der Waals surface area contributed by atoms with Crippen molar-refractivity contribution in [1.82, 2.24) is 15.5 Å². The average Bonchev–Trinajstić information content (AvgIpc) is 2.55. The highest BCUT2D eigenvalue weighted by atomic mass is 32.2. The maximum atomic E-state index is 11.8. The molecule has 0 aromatic rings. The number of hydrogen-bond donors (Lipinski definition) is 2. The summed E-state index contributed by atoms with van der Waals surface area (Å²) >= 11 is 1.63. The molecule has 1 heterocycles. The van der Waals surface area contributed by atoms with Gasteiger partial charge < -0.3 is 20.1 Å². The molecule has 1 fully saturated rings. The van der Waals surface area contributed by atoms with E-state index in [1.165, 1.54) is 7.11 Å². The third-order valence-corrected chi connectivity index (χ3v) is 4.09. The molecule has 1 unspecified atom stereocenters. The van der Waals surface area contributed by atoms with Crippen molar-refractivity contribution < 1.29 is 19.1 Å². The fourth-order valence-corrected chi connectivity index (χ4v) is 2.64. The molecule has 0 aliphatic carbocycles. The number of ether oxygens (including phenoxy) is 2. The molecule has 1 aliphatic rings. The van der Waals surface area contributed by atoms with Crippen molar-refractivity contribution in [3.63, 3.8) is 0 Å². The van der Waals surface area contributed by atoms with E-state index in [1.54, 1.807) is 11.8 Å². The summed E-state index contributed by atoms with van der Waals surface area (Å²) in [5.41, 5.74) is 0. The lowest BCUT2D eigenvalue weighted by molar-refractivity contribution is -0.142. The van der Waals surface area contributed by atoms with Crippen molar-refractivity contribution in [2.24, 2.45) is 0 Å². The first-order valence-corrected chi connectivity index (χ1v) is 8.98. The van der Waals surface area contributed by atoms with Gasteiger partial charge in [-0.25, -0.2) is 9.59 Å². The number of amides is 2. The Morgan fingerprint density at radius 3 is 2.73 bits per heavy atom. The zero-order valence-electron chi connectivity index (χ0n) is 13.4. The fraction of sp³-hybridized carbons (Fsp3) is 0.857. The van der Waals surface area contributed by atoms with Gasteiger partial charge in [0.2, 0.25) is 0 Å². The van der Waals surface area contributed by atoms with E-state index in [0.29, 0.717) is 13.0 Å². The summed E-state index contributed by atoms with van der Waals surface area (Å²) in [5.74, 6) is 0.384. The minimum atomic E-state index is -0.586.